The predicted octanol–water partition coefficient (Wildman–Crippen LogP) is 4.39. The number of hydrogen-bond donors (Lipinski definition) is 1. The first-order chi connectivity index (χ1) is 13.6. The molecule has 1 atom stereocenters. The fourth-order valence-corrected chi connectivity index (χ4v) is 4.36. The molecule has 1 unspecified atom stereocenters. The molecule has 1 aliphatic heterocycles. The zero-order valence-corrected chi connectivity index (χ0v) is 15.9. The molecule has 1 aliphatic rings. The highest BCUT2D eigenvalue weighted by molar-refractivity contribution is 7.10. The molecule has 1 N–H and O–H groups in total. The molecular formula is C22H19FN2O2S. The van der Waals surface area contributed by atoms with Crippen LogP contribution in [0.15, 0.2) is 66.0 Å². The Labute approximate surface area is 166 Å². The van der Waals surface area contributed by atoms with Gasteiger partial charge >= 0.3 is 0 Å². The Morgan fingerprint density at radius 3 is 2.71 bits per heavy atom. The van der Waals surface area contributed by atoms with Crippen molar-refractivity contribution in [3.63, 3.8) is 0 Å². The van der Waals surface area contributed by atoms with E-state index < -0.39 is 11.9 Å². The maximum Gasteiger partial charge on any atom is 0.244 e. The van der Waals surface area contributed by atoms with E-state index in [1.807, 2.05) is 47.8 Å². The van der Waals surface area contributed by atoms with Crippen LogP contribution in [0.4, 0.5) is 10.1 Å². The van der Waals surface area contributed by atoms with E-state index >= 15 is 0 Å². The van der Waals surface area contributed by atoms with Crippen LogP contribution >= 0.6 is 11.3 Å². The van der Waals surface area contributed by atoms with Gasteiger partial charge in [0.15, 0.2) is 0 Å². The summed E-state index contributed by atoms with van der Waals surface area (Å²) in [7, 11) is 0. The minimum Gasteiger partial charge on any atom is -0.324 e. The lowest BCUT2D eigenvalue weighted by molar-refractivity contribution is -0.136. The van der Waals surface area contributed by atoms with Crippen molar-refractivity contribution in [2.24, 2.45) is 0 Å². The first kappa shape index (κ1) is 18.4. The number of nitrogens with zero attached hydrogens (tertiary/aromatic N) is 1. The topological polar surface area (TPSA) is 49.4 Å². The molecule has 0 aliphatic carbocycles. The van der Waals surface area contributed by atoms with Crippen molar-refractivity contribution < 1.29 is 14.0 Å². The van der Waals surface area contributed by atoms with Crippen LogP contribution in [0.3, 0.4) is 0 Å². The molecule has 3 aromatic rings. The van der Waals surface area contributed by atoms with Crippen molar-refractivity contribution in [1.29, 1.82) is 0 Å². The Balaban J connectivity index is 1.69. The van der Waals surface area contributed by atoms with Crippen LogP contribution in [0.5, 0.6) is 0 Å². The van der Waals surface area contributed by atoms with E-state index in [0.29, 0.717) is 17.7 Å². The quantitative estimate of drug-likeness (QED) is 0.714. The summed E-state index contributed by atoms with van der Waals surface area (Å²) in [4.78, 5) is 28.0. The number of thiophene rings is 1. The largest absolute Gasteiger partial charge is 0.324 e. The monoisotopic (exact) mass is 394 g/mol. The molecule has 2 amide bonds. The molecule has 4 nitrogen and oxygen atoms in total. The molecule has 2 aromatic carbocycles. The number of carbonyl (C=O) groups excluding carboxylic acids is 2. The van der Waals surface area contributed by atoms with Gasteiger partial charge in [-0.15, -0.1) is 11.3 Å². The molecular weight excluding hydrogens is 375 g/mol. The Hall–Kier alpha value is -2.99. The van der Waals surface area contributed by atoms with Crippen LogP contribution in [0.1, 0.15) is 28.5 Å². The van der Waals surface area contributed by atoms with Crippen molar-refractivity contribution in [2.45, 2.75) is 18.9 Å². The summed E-state index contributed by atoms with van der Waals surface area (Å²) in [5, 5.41) is 4.72. The lowest BCUT2D eigenvalue weighted by Gasteiger charge is -2.29. The number of nitrogens with one attached hydrogen (secondary N) is 1. The second kappa shape index (κ2) is 7.94. The molecule has 6 heteroatoms. The molecule has 0 radical (unpaired) electrons. The SMILES string of the molecule is O=C1CN(C(=O)CCc2ccccc2)C(c2cccs2)c2cc(F)ccc2N1. The Bertz CT molecular complexity index is 989. The summed E-state index contributed by atoms with van der Waals surface area (Å²) in [5.74, 6) is -0.803. The fourth-order valence-electron chi connectivity index (χ4n) is 3.50. The smallest absolute Gasteiger partial charge is 0.244 e. The highest BCUT2D eigenvalue weighted by Crippen LogP contribution is 2.38. The third-order valence-electron chi connectivity index (χ3n) is 4.81. The molecule has 0 saturated carbocycles. The van der Waals surface area contributed by atoms with Crippen LogP contribution < -0.4 is 5.32 Å². The number of anilines is 1. The second-order valence-corrected chi connectivity index (χ2v) is 7.68. The van der Waals surface area contributed by atoms with Gasteiger partial charge in [-0.25, -0.2) is 4.39 Å². The van der Waals surface area contributed by atoms with E-state index in [2.05, 4.69) is 5.32 Å². The number of amides is 2. The summed E-state index contributed by atoms with van der Waals surface area (Å²) in [6, 6.07) is 17.4. The Morgan fingerprint density at radius 2 is 1.96 bits per heavy atom. The Morgan fingerprint density at radius 1 is 1.14 bits per heavy atom. The maximum atomic E-state index is 14.0. The van der Waals surface area contributed by atoms with Gasteiger partial charge in [-0.3, -0.25) is 9.59 Å². The van der Waals surface area contributed by atoms with Gasteiger partial charge in [0.05, 0.1) is 6.04 Å². The van der Waals surface area contributed by atoms with Crippen molar-refractivity contribution in [2.75, 3.05) is 11.9 Å². The summed E-state index contributed by atoms with van der Waals surface area (Å²) in [5.41, 5.74) is 2.21. The van der Waals surface area contributed by atoms with Crippen molar-refractivity contribution >= 4 is 28.8 Å². The zero-order chi connectivity index (χ0) is 19.5. The highest BCUT2D eigenvalue weighted by Gasteiger charge is 2.34. The summed E-state index contributed by atoms with van der Waals surface area (Å²) < 4.78 is 14.0. The van der Waals surface area contributed by atoms with Gasteiger partial charge in [-0.2, -0.15) is 0 Å². The van der Waals surface area contributed by atoms with Gasteiger partial charge in [0.2, 0.25) is 11.8 Å². The lowest BCUT2D eigenvalue weighted by Crippen LogP contribution is -2.38. The number of fused-ring (bicyclic) bond motifs is 1. The number of hydrogen-bond acceptors (Lipinski definition) is 3. The molecule has 0 bridgehead atoms. The van der Waals surface area contributed by atoms with Crippen LogP contribution in [-0.2, 0) is 16.0 Å². The minimum atomic E-state index is -0.493. The van der Waals surface area contributed by atoms with E-state index in [4.69, 9.17) is 0 Å². The normalized spacial score (nSPS) is 16.2. The summed E-state index contributed by atoms with van der Waals surface area (Å²) in [6.45, 7) is -0.0630. The van der Waals surface area contributed by atoms with Crippen molar-refractivity contribution in [3.8, 4) is 0 Å². The van der Waals surface area contributed by atoms with Crippen LogP contribution in [0.25, 0.3) is 0 Å². The zero-order valence-electron chi connectivity index (χ0n) is 15.1. The minimum absolute atomic E-state index is 0.0630. The maximum absolute atomic E-state index is 14.0. The Kier molecular flexibility index (Phi) is 5.21. The second-order valence-electron chi connectivity index (χ2n) is 6.70. The summed E-state index contributed by atoms with van der Waals surface area (Å²) >= 11 is 1.49. The number of aryl methyl sites for hydroxylation is 1. The van der Waals surface area contributed by atoms with Gasteiger partial charge in [0.25, 0.3) is 0 Å². The predicted molar refractivity (Wildman–Crippen MR) is 108 cm³/mol. The molecule has 28 heavy (non-hydrogen) atoms. The first-order valence-electron chi connectivity index (χ1n) is 9.08. The standard InChI is InChI=1S/C22H19FN2O2S/c23-16-9-10-18-17(13-16)22(19-7-4-12-28-19)25(14-20(26)24-18)21(27)11-8-15-5-2-1-3-6-15/h1-7,9-10,12-13,22H,8,11,14H2,(H,24,26). The lowest BCUT2D eigenvalue weighted by atomic mass is 10.0. The van der Waals surface area contributed by atoms with Crippen LogP contribution in [-0.4, -0.2) is 23.3 Å². The van der Waals surface area contributed by atoms with E-state index in [1.54, 1.807) is 11.0 Å². The van der Waals surface area contributed by atoms with Crippen molar-refractivity contribution in [3.05, 3.63) is 87.9 Å². The fraction of sp³-hybridized carbons (Fsp3) is 0.182. The number of carbonyl (C=O) groups is 2. The highest BCUT2D eigenvalue weighted by atomic mass is 32.1. The van der Waals surface area contributed by atoms with E-state index in [9.17, 15) is 14.0 Å². The third kappa shape index (κ3) is 3.82. The van der Waals surface area contributed by atoms with Gasteiger partial charge in [0.1, 0.15) is 12.4 Å². The molecule has 1 aromatic heterocycles. The number of rotatable bonds is 4. The van der Waals surface area contributed by atoms with Crippen molar-refractivity contribution in [1.82, 2.24) is 4.90 Å². The number of halogens is 1. The molecule has 142 valence electrons. The van der Waals surface area contributed by atoms with Crippen LogP contribution in [0, 0.1) is 5.82 Å². The third-order valence-corrected chi connectivity index (χ3v) is 5.74. The van der Waals surface area contributed by atoms with Gasteiger partial charge in [0, 0.05) is 22.5 Å². The molecule has 0 fully saturated rings. The average Bonchev–Trinajstić information content (AvgIpc) is 3.18. The molecule has 2 heterocycles. The van der Waals surface area contributed by atoms with E-state index in [-0.39, 0.29) is 24.8 Å². The van der Waals surface area contributed by atoms with E-state index in [1.165, 1.54) is 23.5 Å². The summed E-state index contributed by atoms with van der Waals surface area (Å²) in [6.07, 6.45) is 0.870. The van der Waals surface area contributed by atoms with Crippen LogP contribution in [0.2, 0.25) is 0 Å². The van der Waals surface area contributed by atoms with Gasteiger partial charge in [-0.05, 0) is 41.6 Å². The molecule has 0 spiro atoms. The average molecular weight is 394 g/mol. The van der Waals surface area contributed by atoms with Gasteiger partial charge < -0.3 is 10.2 Å². The van der Waals surface area contributed by atoms with Gasteiger partial charge in [-0.1, -0.05) is 36.4 Å². The molecule has 0 saturated heterocycles. The first-order valence-corrected chi connectivity index (χ1v) is 9.96. The molecule has 4 rings (SSSR count). The number of benzene rings is 2. The van der Waals surface area contributed by atoms with E-state index in [0.717, 1.165) is 10.4 Å².